The second-order valence-corrected chi connectivity index (χ2v) is 5.71. The van der Waals surface area contributed by atoms with Crippen LogP contribution in [0.3, 0.4) is 0 Å². The number of benzene rings is 1. The second kappa shape index (κ2) is 7.92. The van der Waals surface area contributed by atoms with Gasteiger partial charge in [0, 0.05) is 22.5 Å². The number of halogens is 2. The van der Waals surface area contributed by atoms with Crippen molar-refractivity contribution in [3.8, 4) is 0 Å². The van der Waals surface area contributed by atoms with Crippen LogP contribution in [0.1, 0.15) is 22.3 Å². The Morgan fingerprint density at radius 1 is 1.50 bits per heavy atom. The molecular weight excluding hydrogens is 362 g/mol. The predicted octanol–water partition coefficient (Wildman–Crippen LogP) is 3.29. The van der Waals surface area contributed by atoms with Crippen molar-refractivity contribution >= 4 is 37.8 Å². The standard InChI is InChI=1S/C13H17Br2NO2/c1-9-3-4-10(7-12(9)15)13(17)16-11(5-6-14)8-18-2/h3-4,7,11H,5-6,8H2,1-2H3,(H,16,17). The average Bonchev–Trinajstić information content (AvgIpc) is 2.33. The van der Waals surface area contributed by atoms with Gasteiger partial charge in [-0.1, -0.05) is 37.9 Å². The normalized spacial score (nSPS) is 12.2. The number of carbonyl (C=O) groups is 1. The maximum absolute atomic E-state index is 12.1. The van der Waals surface area contributed by atoms with Crippen LogP contribution in [0.15, 0.2) is 22.7 Å². The summed E-state index contributed by atoms with van der Waals surface area (Å²) in [4.78, 5) is 12.1. The van der Waals surface area contributed by atoms with E-state index in [1.807, 2.05) is 25.1 Å². The van der Waals surface area contributed by atoms with Gasteiger partial charge >= 0.3 is 0 Å². The predicted molar refractivity (Wildman–Crippen MR) is 80.4 cm³/mol. The summed E-state index contributed by atoms with van der Waals surface area (Å²) in [5, 5.41) is 3.80. The number of carbonyl (C=O) groups excluding carboxylic acids is 1. The quantitative estimate of drug-likeness (QED) is 0.771. The SMILES string of the molecule is COCC(CCBr)NC(=O)c1ccc(C)c(Br)c1. The first kappa shape index (κ1) is 15.7. The molecule has 0 spiro atoms. The first-order chi connectivity index (χ1) is 8.58. The molecule has 3 nitrogen and oxygen atoms in total. The molecule has 1 unspecified atom stereocenters. The molecule has 0 aliphatic rings. The number of ether oxygens (including phenoxy) is 1. The fraction of sp³-hybridized carbons (Fsp3) is 0.462. The molecule has 0 bridgehead atoms. The maximum atomic E-state index is 12.1. The van der Waals surface area contributed by atoms with Gasteiger partial charge in [-0.15, -0.1) is 0 Å². The molecule has 0 saturated carbocycles. The van der Waals surface area contributed by atoms with Crippen LogP contribution in [0.25, 0.3) is 0 Å². The molecule has 100 valence electrons. The Labute approximate surface area is 125 Å². The fourth-order valence-corrected chi connectivity index (χ4v) is 2.46. The summed E-state index contributed by atoms with van der Waals surface area (Å²) in [5.41, 5.74) is 1.77. The Morgan fingerprint density at radius 2 is 2.22 bits per heavy atom. The number of alkyl halides is 1. The van der Waals surface area contributed by atoms with Crippen molar-refractivity contribution in [1.82, 2.24) is 5.32 Å². The van der Waals surface area contributed by atoms with Crippen LogP contribution in [0.4, 0.5) is 0 Å². The smallest absolute Gasteiger partial charge is 0.251 e. The minimum absolute atomic E-state index is 0.0296. The van der Waals surface area contributed by atoms with Crippen LogP contribution < -0.4 is 5.32 Å². The van der Waals surface area contributed by atoms with Crippen molar-refractivity contribution in [2.45, 2.75) is 19.4 Å². The summed E-state index contributed by atoms with van der Waals surface area (Å²) in [7, 11) is 1.63. The second-order valence-electron chi connectivity index (χ2n) is 4.07. The largest absolute Gasteiger partial charge is 0.383 e. The third kappa shape index (κ3) is 4.71. The molecule has 1 rings (SSSR count). The highest BCUT2D eigenvalue weighted by molar-refractivity contribution is 9.10. The Hall–Kier alpha value is -0.390. The molecule has 5 heteroatoms. The zero-order chi connectivity index (χ0) is 13.5. The molecule has 0 aromatic heterocycles. The molecule has 1 N–H and O–H groups in total. The molecule has 1 aromatic rings. The Kier molecular flexibility index (Phi) is 6.89. The van der Waals surface area contributed by atoms with Gasteiger partial charge in [-0.05, 0) is 31.0 Å². The van der Waals surface area contributed by atoms with Gasteiger partial charge in [0.1, 0.15) is 0 Å². The third-order valence-corrected chi connectivity index (χ3v) is 3.91. The monoisotopic (exact) mass is 377 g/mol. The van der Waals surface area contributed by atoms with Crippen LogP contribution in [-0.4, -0.2) is 31.0 Å². The van der Waals surface area contributed by atoms with Crippen molar-refractivity contribution in [3.63, 3.8) is 0 Å². The van der Waals surface area contributed by atoms with Gasteiger partial charge in [0.15, 0.2) is 0 Å². The van der Waals surface area contributed by atoms with E-state index in [-0.39, 0.29) is 11.9 Å². The highest BCUT2D eigenvalue weighted by Gasteiger charge is 2.13. The number of hydrogen-bond acceptors (Lipinski definition) is 2. The van der Waals surface area contributed by atoms with E-state index < -0.39 is 0 Å². The van der Waals surface area contributed by atoms with Gasteiger partial charge in [0.2, 0.25) is 0 Å². The summed E-state index contributed by atoms with van der Waals surface area (Å²) >= 11 is 6.80. The van der Waals surface area contributed by atoms with Crippen molar-refractivity contribution < 1.29 is 9.53 Å². The minimum atomic E-state index is -0.0706. The van der Waals surface area contributed by atoms with E-state index in [1.54, 1.807) is 7.11 Å². The zero-order valence-electron chi connectivity index (χ0n) is 10.5. The van der Waals surface area contributed by atoms with E-state index >= 15 is 0 Å². The van der Waals surface area contributed by atoms with Crippen LogP contribution in [-0.2, 0) is 4.74 Å². The van der Waals surface area contributed by atoms with Crippen LogP contribution in [0.2, 0.25) is 0 Å². The van der Waals surface area contributed by atoms with E-state index in [2.05, 4.69) is 37.2 Å². The van der Waals surface area contributed by atoms with Crippen molar-refractivity contribution in [3.05, 3.63) is 33.8 Å². The van der Waals surface area contributed by atoms with Gasteiger partial charge in [0.25, 0.3) is 5.91 Å². The molecule has 18 heavy (non-hydrogen) atoms. The van der Waals surface area contributed by atoms with E-state index in [1.165, 1.54) is 0 Å². The van der Waals surface area contributed by atoms with Gasteiger partial charge in [-0.2, -0.15) is 0 Å². The third-order valence-electron chi connectivity index (χ3n) is 2.59. The topological polar surface area (TPSA) is 38.3 Å². The van der Waals surface area contributed by atoms with Crippen LogP contribution >= 0.6 is 31.9 Å². The Balaban J connectivity index is 2.70. The number of hydrogen-bond donors (Lipinski definition) is 1. The van der Waals surface area contributed by atoms with Gasteiger partial charge in [-0.25, -0.2) is 0 Å². The molecular formula is C13H17Br2NO2. The number of nitrogens with one attached hydrogen (secondary N) is 1. The number of amides is 1. The van der Waals surface area contributed by atoms with E-state index in [0.29, 0.717) is 12.2 Å². The number of methoxy groups -OCH3 is 1. The fourth-order valence-electron chi connectivity index (χ4n) is 1.53. The molecule has 0 heterocycles. The molecule has 1 atom stereocenters. The van der Waals surface area contributed by atoms with E-state index in [0.717, 1.165) is 21.8 Å². The lowest BCUT2D eigenvalue weighted by molar-refractivity contribution is 0.0895. The van der Waals surface area contributed by atoms with Crippen LogP contribution in [0, 0.1) is 6.92 Å². The molecule has 1 amide bonds. The highest BCUT2D eigenvalue weighted by atomic mass is 79.9. The van der Waals surface area contributed by atoms with Crippen molar-refractivity contribution in [2.24, 2.45) is 0 Å². The lowest BCUT2D eigenvalue weighted by Gasteiger charge is -2.17. The molecule has 0 aliphatic carbocycles. The maximum Gasteiger partial charge on any atom is 0.251 e. The minimum Gasteiger partial charge on any atom is -0.383 e. The lowest BCUT2D eigenvalue weighted by atomic mass is 10.1. The summed E-state index contributed by atoms with van der Waals surface area (Å²) in [5.74, 6) is -0.0706. The Morgan fingerprint density at radius 3 is 2.78 bits per heavy atom. The Bertz CT molecular complexity index is 404. The summed E-state index contributed by atoms with van der Waals surface area (Å²) in [6, 6.07) is 5.62. The molecule has 0 fully saturated rings. The summed E-state index contributed by atoms with van der Waals surface area (Å²) in [6.07, 6.45) is 0.840. The number of aryl methyl sites for hydroxylation is 1. The summed E-state index contributed by atoms with van der Waals surface area (Å²) < 4.78 is 6.03. The van der Waals surface area contributed by atoms with Crippen molar-refractivity contribution in [2.75, 3.05) is 19.0 Å². The first-order valence-electron chi connectivity index (χ1n) is 5.70. The highest BCUT2D eigenvalue weighted by Crippen LogP contribution is 2.17. The first-order valence-corrected chi connectivity index (χ1v) is 7.61. The van der Waals surface area contributed by atoms with Crippen molar-refractivity contribution in [1.29, 1.82) is 0 Å². The zero-order valence-corrected chi connectivity index (χ0v) is 13.7. The summed E-state index contributed by atoms with van der Waals surface area (Å²) in [6.45, 7) is 2.51. The van der Waals surface area contributed by atoms with Crippen LogP contribution in [0.5, 0.6) is 0 Å². The molecule has 1 aromatic carbocycles. The van der Waals surface area contributed by atoms with E-state index in [4.69, 9.17) is 4.74 Å². The lowest BCUT2D eigenvalue weighted by Crippen LogP contribution is -2.38. The molecule has 0 aliphatic heterocycles. The van der Waals surface area contributed by atoms with Gasteiger partial charge in [-0.3, -0.25) is 4.79 Å². The number of rotatable bonds is 6. The molecule has 0 radical (unpaired) electrons. The van der Waals surface area contributed by atoms with Gasteiger partial charge < -0.3 is 10.1 Å². The van der Waals surface area contributed by atoms with E-state index in [9.17, 15) is 4.79 Å². The van der Waals surface area contributed by atoms with Gasteiger partial charge in [0.05, 0.1) is 12.6 Å². The average molecular weight is 379 g/mol. The molecule has 0 saturated heterocycles.